The molecule has 1 heterocycles. The summed E-state index contributed by atoms with van der Waals surface area (Å²) >= 11 is 0. The van der Waals surface area contributed by atoms with Crippen molar-refractivity contribution in [3.63, 3.8) is 0 Å². The van der Waals surface area contributed by atoms with Gasteiger partial charge in [-0.05, 0) is 38.5 Å². The second-order valence-corrected chi connectivity index (χ2v) is 5.41. The van der Waals surface area contributed by atoms with Gasteiger partial charge in [0.1, 0.15) is 5.75 Å². The van der Waals surface area contributed by atoms with E-state index in [4.69, 9.17) is 10.5 Å². The predicted octanol–water partition coefficient (Wildman–Crippen LogP) is 1.42. The Morgan fingerprint density at radius 1 is 1.21 bits per heavy atom. The highest BCUT2D eigenvalue weighted by molar-refractivity contribution is 6.21. The Morgan fingerprint density at radius 3 is 2.42 bits per heavy atom. The Balaban J connectivity index is 2.24. The fourth-order valence-electron chi connectivity index (χ4n) is 2.00. The van der Waals surface area contributed by atoms with Crippen molar-refractivity contribution in [3.8, 4) is 5.75 Å². The van der Waals surface area contributed by atoms with E-state index in [1.807, 2.05) is 13.8 Å². The van der Waals surface area contributed by atoms with Gasteiger partial charge in [-0.1, -0.05) is 0 Å². The van der Waals surface area contributed by atoms with Crippen LogP contribution in [0.25, 0.3) is 0 Å². The van der Waals surface area contributed by atoms with Gasteiger partial charge in [0, 0.05) is 12.1 Å². The van der Waals surface area contributed by atoms with Crippen LogP contribution in [0.1, 0.15) is 41.0 Å². The predicted molar refractivity (Wildman–Crippen MR) is 71.2 cm³/mol. The molecule has 102 valence electrons. The number of methoxy groups -OCH3 is 1. The highest BCUT2D eigenvalue weighted by Crippen LogP contribution is 2.27. The second-order valence-electron chi connectivity index (χ2n) is 5.41. The molecule has 1 aromatic rings. The minimum atomic E-state index is -0.410. The molecule has 0 saturated carbocycles. The summed E-state index contributed by atoms with van der Waals surface area (Å²) in [7, 11) is 1.53. The van der Waals surface area contributed by atoms with Crippen LogP contribution in [-0.2, 0) is 0 Å². The number of rotatable bonds is 4. The Kier molecular flexibility index (Phi) is 3.32. The standard InChI is InChI=1S/C14H18N2O3/c1-14(2,15)6-7-16-12(17)10-5-4-9(19-3)8-11(10)13(16)18/h4-5,8H,6-7,15H2,1-3H3. The highest BCUT2D eigenvalue weighted by atomic mass is 16.5. The molecule has 5 nitrogen and oxygen atoms in total. The van der Waals surface area contributed by atoms with Crippen LogP contribution >= 0.6 is 0 Å². The van der Waals surface area contributed by atoms with Gasteiger partial charge < -0.3 is 10.5 Å². The first-order valence-electron chi connectivity index (χ1n) is 6.16. The maximum atomic E-state index is 12.2. The van der Waals surface area contributed by atoms with Gasteiger partial charge in [0.15, 0.2) is 0 Å². The molecule has 0 fully saturated rings. The normalized spacial score (nSPS) is 14.8. The monoisotopic (exact) mass is 262 g/mol. The number of imide groups is 1. The quantitative estimate of drug-likeness (QED) is 0.833. The summed E-state index contributed by atoms with van der Waals surface area (Å²) in [5, 5.41) is 0. The fraction of sp³-hybridized carbons (Fsp3) is 0.429. The van der Waals surface area contributed by atoms with Crippen molar-refractivity contribution in [2.75, 3.05) is 13.7 Å². The molecule has 2 N–H and O–H groups in total. The van der Waals surface area contributed by atoms with Gasteiger partial charge >= 0.3 is 0 Å². The molecule has 2 rings (SSSR count). The van der Waals surface area contributed by atoms with Crippen LogP contribution in [0.15, 0.2) is 18.2 Å². The van der Waals surface area contributed by atoms with E-state index in [-0.39, 0.29) is 11.8 Å². The van der Waals surface area contributed by atoms with E-state index in [0.29, 0.717) is 29.8 Å². The van der Waals surface area contributed by atoms with Crippen molar-refractivity contribution < 1.29 is 14.3 Å². The van der Waals surface area contributed by atoms with Gasteiger partial charge in [-0.15, -0.1) is 0 Å². The molecule has 0 bridgehead atoms. The van der Waals surface area contributed by atoms with Crippen molar-refractivity contribution in [3.05, 3.63) is 29.3 Å². The summed E-state index contributed by atoms with van der Waals surface area (Å²) in [6.07, 6.45) is 0.565. The Labute approximate surface area is 112 Å². The second kappa shape index (κ2) is 4.66. The van der Waals surface area contributed by atoms with Crippen LogP contribution in [0.5, 0.6) is 5.75 Å². The summed E-state index contributed by atoms with van der Waals surface area (Å²) < 4.78 is 5.07. The third kappa shape index (κ3) is 2.61. The summed E-state index contributed by atoms with van der Waals surface area (Å²) in [5.41, 5.74) is 6.31. The van der Waals surface area contributed by atoms with Crippen LogP contribution in [0, 0.1) is 0 Å². The molecular weight excluding hydrogens is 244 g/mol. The lowest BCUT2D eigenvalue weighted by atomic mass is 10.0. The number of amides is 2. The van der Waals surface area contributed by atoms with E-state index in [0.717, 1.165) is 0 Å². The molecule has 5 heteroatoms. The molecule has 0 saturated heterocycles. The number of carbonyl (C=O) groups excluding carboxylic acids is 2. The van der Waals surface area contributed by atoms with Gasteiger partial charge in [0.25, 0.3) is 11.8 Å². The maximum absolute atomic E-state index is 12.2. The molecule has 0 aliphatic carbocycles. The maximum Gasteiger partial charge on any atom is 0.261 e. The average molecular weight is 262 g/mol. The van der Waals surface area contributed by atoms with E-state index in [2.05, 4.69) is 0 Å². The third-order valence-corrected chi connectivity index (χ3v) is 3.16. The zero-order valence-corrected chi connectivity index (χ0v) is 11.4. The molecule has 0 unspecified atom stereocenters. The van der Waals surface area contributed by atoms with Gasteiger partial charge in [-0.2, -0.15) is 0 Å². The summed E-state index contributed by atoms with van der Waals surface area (Å²) in [6, 6.07) is 4.91. The van der Waals surface area contributed by atoms with Crippen molar-refractivity contribution in [1.82, 2.24) is 4.90 Å². The van der Waals surface area contributed by atoms with Crippen molar-refractivity contribution >= 4 is 11.8 Å². The van der Waals surface area contributed by atoms with E-state index in [1.54, 1.807) is 18.2 Å². The molecular formula is C14H18N2O3. The number of nitrogens with two attached hydrogens (primary N) is 1. The van der Waals surface area contributed by atoms with Gasteiger partial charge in [0.05, 0.1) is 18.2 Å². The molecule has 0 radical (unpaired) electrons. The number of carbonyl (C=O) groups is 2. The Morgan fingerprint density at radius 2 is 1.84 bits per heavy atom. The molecule has 0 spiro atoms. The lowest BCUT2D eigenvalue weighted by molar-refractivity contribution is 0.0645. The summed E-state index contributed by atoms with van der Waals surface area (Å²) in [5.74, 6) is 0.0379. The summed E-state index contributed by atoms with van der Waals surface area (Å²) in [4.78, 5) is 25.6. The number of nitrogens with zero attached hydrogens (tertiary/aromatic N) is 1. The van der Waals surface area contributed by atoms with Crippen molar-refractivity contribution in [2.45, 2.75) is 25.8 Å². The first-order valence-corrected chi connectivity index (χ1v) is 6.16. The van der Waals surface area contributed by atoms with E-state index in [9.17, 15) is 9.59 Å². The molecule has 0 aromatic heterocycles. The zero-order chi connectivity index (χ0) is 14.2. The van der Waals surface area contributed by atoms with Crippen LogP contribution in [0.2, 0.25) is 0 Å². The van der Waals surface area contributed by atoms with E-state index < -0.39 is 5.54 Å². The lowest BCUT2D eigenvalue weighted by Gasteiger charge is -2.22. The first kappa shape index (κ1) is 13.5. The number of ether oxygens (including phenoxy) is 1. The lowest BCUT2D eigenvalue weighted by Crippen LogP contribution is -2.39. The van der Waals surface area contributed by atoms with Gasteiger partial charge in [-0.25, -0.2) is 0 Å². The minimum absolute atomic E-state index is 0.257. The molecule has 1 aliphatic rings. The van der Waals surface area contributed by atoms with E-state index >= 15 is 0 Å². The number of fused-ring (bicyclic) bond motifs is 1. The minimum Gasteiger partial charge on any atom is -0.497 e. The van der Waals surface area contributed by atoms with Gasteiger partial charge in [0.2, 0.25) is 0 Å². The zero-order valence-electron chi connectivity index (χ0n) is 11.4. The highest BCUT2D eigenvalue weighted by Gasteiger charge is 2.36. The number of hydrogen-bond donors (Lipinski definition) is 1. The van der Waals surface area contributed by atoms with Gasteiger partial charge in [-0.3, -0.25) is 14.5 Å². The van der Waals surface area contributed by atoms with Crippen LogP contribution < -0.4 is 10.5 Å². The van der Waals surface area contributed by atoms with Crippen molar-refractivity contribution in [1.29, 1.82) is 0 Å². The van der Waals surface area contributed by atoms with Crippen LogP contribution in [0.4, 0.5) is 0 Å². The molecule has 0 atom stereocenters. The third-order valence-electron chi connectivity index (χ3n) is 3.16. The topological polar surface area (TPSA) is 72.6 Å². The average Bonchev–Trinajstić information content (AvgIpc) is 2.58. The molecule has 19 heavy (non-hydrogen) atoms. The van der Waals surface area contributed by atoms with Crippen LogP contribution in [0.3, 0.4) is 0 Å². The largest absolute Gasteiger partial charge is 0.497 e. The Bertz CT molecular complexity index is 532. The fourth-order valence-corrected chi connectivity index (χ4v) is 2.00. The number of hydrogen-bond acceptors (Lipinski definition) is 4. The number of benzene rings is 1. The van der Waals surface area contributed by atoms with Crippen molar-refractivity contribution in [2.24, 2.45) is 5.73 Å². The molecule has 1 aromatic carbocycles. The molecule has 1 aliphatic heterocycles. The Hall–Kier alpha value is -1.88. The first-order chi connectivity index (χ1) is 8.83. The molecule has 2 amide bonds. The summed E-state index contributed by atoms with van der Waals surface area (Å²) in [6.45, 7) is 4.07. The SMILES string of the molecule is COc1ccc2c(c1)C(=O)N(CCC(C)(C)N)C2=O. The van der Waals surface area contributed by atoms with Crippen LogP contribution in [-0.4, -0.2) is 35.9 Å². The van der Waals surface area contributed by atoms with E-state index in [1.165, 1.54) is 12.0 Å². The smallest absolute Gasteiger partial charge is 0.261 e.